The third-order valence-corrected chi connectivity index (χ3v) is 6.05. The Balaban J connectivity index is 1.56. The Morgan fingerprint density at radius 2 is 1.72 bits per heavy atom. The number of nitrogens with zero attached hydrogens (tertiary/aromatic N) is 3. The molecule has 32 heavy (non-hydrogen) atoms. The minimum Gasteiger partial charge on any atom is -0.348 e. The average molecular weight is 431 g/mol. The van der Waals surface area contributed by atoms with E-state index >= 15 is 0 Å². The lowest BCUT2D eigenvalue weighted by Crippen LogP contribution is -2.50. The van der Waals surface area contributed by atoms with Crippen LogP contribution in [0.15, 0.2) is 72.9 Å². The second-order valence-electron chi connectivity index (χ2n) is 8.49. The Morgan fingerprint density at radius 3 is 2.44 bits per heavy atom. The second kappa shape index (κ2) is 9.30. The Bertz CT molecular complexity index is 1090. The average Bonchev–Trinajstić information content (AvgIpc) is 3.27. The molecule has 1 N–H and O–H groups in total. The summed E-state index contributed by atoms with van der Waals surface area (Å²) >= 11 is 0. The van der Waals surface area contributed by atoms with E-state index in [0.29, 0.717) is 6.54 Å². The van der Waals surface area contributed by atoms with E-state index in [-0.39, 0.29) is 30.6 Å². The molecule has 1 unspecified atom stereocenters. The number of fused-ring (bicyclic) bond motifs is 1. The number of anilines is 1. The molecular formula is C26H30N4O2. The monoisotopic (exact) mass is 430 g/mol. The number of amides is 3. The van der Waals surface area contributed by atoms with Gasteiger partial charge >= 0.3 is 6.03 Å². The molecule has 2 heterocycles. The predicted molar refractivity (Wildman–Crippen MR) is 126 cm³/mol. The van der Waals surface area contributed by atoms with Gasteiger partial charge in [-0.15, -0.1) is 0 Å². The molecule has 6 heteroatoms. The molecule has 1 aliphatic rings. The highest BCUT2D eigenvalue weighted by Crippen LogP contribution is 2.32. The molecule has 0 saturated carbocycles. The number of hydrogen-bond donors (Lipinski definition) is 1. The summed E-state index contributed by atoms with van der Waals surface area (Å²) in [6.07, 6.45) is 2.06. The molecule has 3 amide bonds. The van der Waals surface area contributed by atoms with Gasteiger partial charge in [-0.1, -0.05) is 48.5 Å². The van der Waals surface area contributed by atoms with Gasteiger partial charge in [0.15, 0.2) is 0 Å². The van der Waals surface area contributed by atoms with Gasteiger partial charge in [-0.25, -0.2) is 4.79 Å². The van der Waals surface area contributed by atoms with Crippen molar-refractivity contribution in [3.05, 3.63) is 89.7 Å². The number of para-hydroxylation sites is 1. The van der Waals surface area contributed by atoms with Crippen LogP contribution in [0.3, 0.4) is 0 Å². The molecule has 1 aromatic heterocycles. The third-order valence-electron chi connectivity index (χ3n) is 6.05. The Labute approximate surface area is 189 Å². The van der Waals surface area contributed by atoms with Gasteiger partial charge in [0.1, 0.15) is 6.54 Å². The fourth-order valence-corrected chi connectivity index (χ4v) is 4.26. The molecule has 2 aromatic carbocycles. The molecule has 0 saturated heterocycles. The summed E-state index contributed by atoms with van der Waals surface area (Å²) in [6.45, 7) is 7.19. The summed E-state index contributed by atoms with van der Waals surface area (Å²) < 4.78 is 2.20. The maximum absolute atomic E-state index is 13.5. The predicted octanol–water partition coefficient (Wildman–Crippen LogP) is 4.67. The lowest BCUT2D eigenvalue weighted by atomic mass is 10.00. The standard InChI is InChI=1S/C26H30N4O2/c1-19(2)30(26(32)27-22-13-8-7-10-20(22)3)18-24(31)29-17-16-28-15-9-14-23(28)25(29)21-11-5-4-6-12-21/h4-15,19,25H,16-18H2,1-3H3,(H,27,32). The van der Waals surface area contributed by atoms with Gasteiger partial charge in [0, 0.05) is 36.7 Å². The fourth-order valence-electron chi connectivity index (χ4n) is 4.26. The SMILES string of the molecule is Cc1ccccc1NC(=O)N(CC(=O)N1CCn2cccc2C1c1ccccc1)C(C)C. The molecule has 1 atom stereocenters. The van der Waals surface area contributed by atoms with Crippen molar-refractivity contribution in [3.8, 4) is 0 Å². The number of benzene rings is 2. The Hall–Kier alpha value is -3.54. The first kappa shape index (κ1) is 21.7. The smallest absolute Gasteiger partial charge is 0.322 e. The highest BCUT2D eigenvalue weighted by molar-refractivity contribution is 5.93. The summed E-state index contributed by atoms with van der Waals surface area (Å²) in [5.41, 5.74) is 3.91. The van der Waals surface area contributed by atoms with Crippen molar-refractivity contribution in [3.63, 3.8) is 0 Å². The van der Waals surface area contributed by atoms with E-state index in [4.69, 9.17) is 0 Å². The number of rotatable bonds is 5. The van der Waals surface area contributed by atoms with Gasteiger partial charge in [0.25, 0.3) is 0 Å². The Kier molecular flexibility index (Phi) is 6.30. The highest BCUT2D eigenvalue weighted by atomic mass is 16.2. The quantitative estimate of drug-likeness (QED) is 0.639. The largest absolute Gasteiger partial charge is 0.348 e. The van der Waals surface area contributed by atoms with Crippen LogP contribution in [0.2, 0.25) is 0 Å². The van der Waals surface area contributed by atoms with E-state index in [1.165, 1.54) is 0 Å². The van der Waals surface area contributed by atoms with E-state index < -0.39 is 0 Å². The van der Waals surface area contributed by atoms with Crippen molar-refractivity contribution in [1.29, 1.82) is 0 Å². The summed E-state index contributed by atoms with van der Waals surface area (Å²) in [5, 5.41) is 2.97. The van der Waals surface area contributed by atoms with Crippen molar-refractivity contribution in [2.45, 2.75) is 39.4 Å². The first-order valence-electron chi connectivity index (χ1n) is 11.1. The molecule has 0 spiro atoms. The van der Waals surface area contributed by atoms with Crippen molar-refractivity contribution in [2.24, 2.45) is 0 Å². The van der Waals surface area contributed by atoms with Crippen molar-refractivity contribution in [2.75, 3.05) is 18.4 Å². The molecule has 0 aliphatic carbocycles. The van der Waals surface area contributed by atoms with E-state index in [1.54, 1.807) is 4.90 Å². The number of aromatic nitrogens is 1. The summed E-state index contributed by atoms with van der Waals surface area (Å²) in [6, 6.07) is 21.3. The number of nitrogens with one attached hydrogen (secondary N) is 1. The maximum Gasteiger partial charge on any atom is 0.322 e. The molecule has 0 fully saturated rings. The molecule has 0 radical (unpaired) electrons. The van der Waals surface area contributed by atoms with Crippen molar-refractivity contribution < 1.29 is 9.59 Å². The van der Waals surface area contributed by atoms with Gasteiger partial charge in [-0.2, -0.15) is 0 Å². The van der Waals surface area contributed by atoms with Crippen LogP contribution >= 0.6 is 0 Å². The first-order chi connectivity index (χ1) is 15.5. The van der Waals surface area contributed by atoms with Gasteiger partial charge in [-0.05, 0) is 50.1 Å². The van der Waals surface area contributed by atoms with Crippen LogP contribution < -0.4 is 5.32 Å². The molecule has 166 valence electrons. The zero-order valence-electron chi connectivity index (χ0n) is 18.9. The molecular weight excluding hydrogens is 400 g/mol. The van der Waals surface area contributed by atoms with Crippen LogP contribution in [0, 0.1) is 6.92 Å². The van der Waals surface area contributed by atoms with Gasteiger partial charge < -0.3 is 19.7 Å². The molecule has 6 nitrogen and oxygen atoms in total. The molecule has 3 aromatic rings. The number of carbonyl (C=O) groups is 2. The van der Waals surface area contributed by atoms with Crippen molar-refractivity contribution in [1.82, 2.24) is 14.4 Å². The third kappa shape index (κ3) is 4.40. The van der Waals surface area contributed by atoms with Crippen LogP contribution in [0.25, 0.3) is 0 Å². The van der Waals surface area contributed by atoms with Crippen molar-refractivity contribution >= 4 is 17.6 Å². The van der Waals surface area contributed by atoms with Crippen LogP contribution in [-0.4, -0.2) is 45.4 Å². The lowest BCUT2D eigenvalue weighted by Gasteiger charge is -2.39. The first-order valence-corrected chi connectivity index (χ1v) is 11.1. The van der Waals surface area contributed by atoms with E-state index in [1.807, 2.05) is 74.2 Å². The summed E-state index contributed by atoms with van der Waals surface area (Å²) in [7, 11) is 0. The van der Waals surface area contributed by atoms with Crippen LogP contribution in [0.5, 0.6) is 0 Å². The van der Waals surface area contributed by atoms with E-state index in [0.717, 1.165) is 29.1 Å². The molecule has 1 aliphatic heterocycles. The minimum atomic E-state index is -0.265. The second-order valence-corrected chi connectivity index (χ2v) is 8.49. The zero-order chi connectivity index (χ0) is 22.7. The number of aryl methyl sites for hydroxylation is 1. The number of hydrogen-bond acceptors (Lipinski definition) is 2. The van der Waals surface area contributed by atoms with Gasteiger partial charge in [0.2, 0.25) is 5.91 Å². The zero-order valence-corrected chi connectivity index (χ0v) is 18.9. The highest BCUT2D eigenvalue weighted by Gasteiger charge is 2.33. The topological polar surface area (TPSA) is 57.6 Å². The van der Waals surface area contributed by atoms with Gasteiger partial charge in [0.05, 0.1) is 6.04 Å². The van der Waals surface area contributed by atoms with Crippen LogP contribution in [0.1, 0.15) is 36.7 Å². The van der Waals surface area contributed by atoms with Gasteiger partial charge in [-0.3, -0.25) is 4.79 Å². The lowest BCUT2D eigenvalue weighted by molar-refractivity contribution is -0.134. The summed E-state index contributed by atoms with van der Waals surface area (Å²) in [4.78, 5) is 30.1. The fraction of sp³-hybridized carbons (Fsp3) is 0.308. The molecule has 4 rings (SSSR count). The molecule has 0 bridgehead atoms. The van der Waals surface area contributed by atoms with Crippen LogP contribution in [-0.2, 0) is 11.3 Å². The van der Waals surface area contributed by atoms with E-state index in [9.17, 15) is 9.59 Å². The van der Waals surface area contributed by atoms with E-state index in [2.05, 4.69) is 34.3 Å². The number of carbonyl (C=O) groups excluding carboxylic acids is 2. The maximum atomic E-state index is 13.5. The minimum absolute atomic E-state index is 0.0272. The normalized spacial score (nSPS) is 15.4. The van der Waals surface area contributed by atoms with Crippen LogP contribution in [0.4, 0.5) is 10.5 Å². The summed E-state index contributed by atoms with van der Waals surface area (Å²) in [5.74, 6) is -0.0556. The number of urea groups is 1. The Morgan fingerprint density at radius 1 is 1.00 bits per heavy atom.